The van der Waals surface area contributed by atoms with Crippen molar-refractivity contribution in [2.75, 3.05) is 7.11 Å². The molecule has 0 bridgehead atoms. The molecule has 0 aliphatic heterocycles. The average molecular weight is 260 g/mol. The molecular formula is C11H20N2O5. The van der Waals surface area contributed by atoms with E-state index in [1.54, 1.807) is 13.8 Å². The molecule has 7 heteroatoms. The zero-order chi connectivity index (χ0) is 14.3. The van der Waals surface area contributed by atoms with Crippen molar-refractivity contribution in [2.24, 2.45) is 5.73 Å². The maximum Gasteiger partial charge on any atom is 0.331 e. The number of carboxylic acids is 1. The van der Waals surface area contributed by atoms with Crippen LogP contribution in [-0.2, 0) is 19.1 Å². The Balaban J connectivity index is 4.84. The highest BCUT2D eigenvalue weighted by molar-refractivity contribution is 5.91. The van der Waals surface area contributed by atoms with Crippen LogP contribution in [0, 0.1) is 0 Å². The van der Waals surface area contributed by atoms with Gasteiger partial charge in [-0.2, -0.15) is 0 Å². The largest absolute Gasteiger partial charge is 0.481 e. The van der Waals surface area contributed by atoms with Crippen LogP contribution in [-0.4, -0.2) is 41.6 Å². The van der Waals surface area contributed by atoms with E-state index in [2.05, 4.69) is 10.1 Å². The summed E-state index contributed by atoms with van der Waals surface area (Å²) in [5.41, 5.74) is 4.28. The monoisotopic (exact) mass is 260 g/mol. The van der Waals surface area contributed by atoms with Gasteiger partial charge in [0, 0.05) is 0 Å². The van der Waals surface area contributed by atoms with Gasteiger partial charge in [0.25, 0.3) is 0 Å². The Morgan fingerprint density at radius 3 is 2.17 bits per heavy atom. The van der Waals surface area contributed by atoms with Gasteiger partial charge >= 0.3 is 11.9 Å². The van der Waals surface area contributed by atoms with Crippen LogP contribution < -0.4 is 11.1 Å². The van der Waals surface area contributed by atoms with Gasteiger partial charge in [-0.25, -0.2) is 4.79 Å². The molecule has 0 saturated heterocycles. The first-order valence-corrected chi connectivity index (χ1v) is 5.70. The smallest absolute Gasteiger partial charge is 0.331 e. The highest BCUT2D eigenvalue weighted by atomic mass is 16.5. The molecule has 0 aromatic heterocycles. The molecule has 0 spiro atoms. The van der Waals surface area contributed by atoms with Gasteiger partial charge in [-0.3, -0.25) is 9.59 Å². The van der Waals surface area contributed by atoms with Crippen LogP contribution in [0.25, 0.3) is 0 Å². The molecule has 18 heavy (non-hydrogen) atoms. The Kier molecular flexibility index (Phi) is 6.32. The fraction of sp³-hybridized carbons (Fsp3) is 0.727. The van der Waals surface area contributed by atoms with Crippen molar-refractivity contribution in [3.63, 3.8) is 0 Å². The summed E-state index contributed by atoms with van der Waals surface area (Å²) in [6.07, 6.45) is 0.180. The molecule has 0 fully saturated rings. The predicted molar refractivity (Wildman–Crippen MR) is 63.7 cm³/mol. The predicted octanol–water partition coefficient (Wildman–Crippen LogP) is -0.364. The van der Waals surface area contributed by atoms with Crippen LogP contribution in [0.4, 0.5) is 0 Å². The quantitative estimate of drug-likeness (QED) is 0.538. The third-order valence-electron chi connectivity index (χ3n) is 2.88. The lowest BCUT2D eigenvalue weighted by Crippen LogP contribution is -2.58. The molecule has 1 atom stereocenters. The fourth-order valence-electron chi connectivity index (χ4n) is 1.57. The second-order valence-corrected chi connectivity index (χ2v) is 3.97. The Hall–Kier alpha value is -1.63. The van der Waals surface area contributed by atoms with E-state index in [1.165, 1.54) is 7.11 Å². The molecule has 4 N–H and O–H groups in total. The van der Waals surface area contributed by atoms with Gasteiger partial charge in [-0.05, 0) is 12.8 Å². The van der Waals surface area contributed by atoms with E-state index in [9.17, 15) is 14.4 Å². The lowest BCUT2D eigenvalue weighted by Gasteiger charge is -2.30. The number of rotatable bonds is 7. The van der Waals surface area contributed by atoms with Crippen LogP contribution in [0.3, 0.4) is 0 Å². The molecule has 0 aromatic rings. The van der Waals surface area contributed by atoms with E-state index in [0.717, 1.165) is 0 Å². The van der Waals surface area contributed by atoms with Gasteiger partial charge in [0.1, 0.15) is 5.54 Å². The number of amides is 1. The first kappa shape index (κ1) is 16.4. The highest BCUT2D eigenvalue weighted by Crippen LogP contribution is 2.17. The van der Waals surface area contributed by atoms with E-state index in [0.29, 0.717) is 12.8 Å². The lowest BCUT2D eigenvalue weighted by molar-refractivity contribution is -0.151. The highest BCUT2D eigenvalue weighted by Gasteiger charge is 2.38. The van der Waals surface area contributed by atoms with Crippen molar-refractivity contribution in [1.29, 1.82) is 0 Å². The number of carboxylic acid groups (broad SMARTS) is 1. The van der Waals surface area contributed by atoms with Crippen molar-refractivity contribution < 1.29 is 24.2 Å². The van der Waals surface area contributed by atoms with Crippen LogP contribution in [0.5, 0.6) is 0 Å². The van der Waals surface area contributed by atoms with Crippen molar-refractivity contribution in [3.05, 3.63) is 0 Å². The number of nitrogens with two attached hydrogens (primary N) is 1. The Morgan fingerprint density at radius 2 is 1.83 bits per heavy atom. The lowest BCUT2D eigenvalue weighted by atomic mass is 9.92. The SMILES string of the molecule is CCC(CC)(NC(=O)[C@@H](N)CC(=O)O)C(=O)OC. The third-order valence-corrected chi connectivity index (χ3v) is 2.88. The van der Waals surface area contributed by atoms with Crippen LogP contribution >= 0.6 is 0 Å². The minimum absolute atomic E-state index is 0.335. The van der Waals surface area contributed by atoms with Gasteiger partial charge in [0.15, 0.2) is 0 Å². The number of hydrogen-bond donors (Lipinski definition) is 3. The number of ether oxygens (including phenoxy) is 1. The average Bonchev–Trinajstić information content (AvgIpc) is 2.33. The topological polar surface area (TPSA) is 119 Å². The Bertz CT molecular complexity index is 325. The summed E-state index contributed by atoms with van der Waals surface area (Å²) in [6, 6.07) is -1.19. The molecule has 0 heterocycles. The summed E-state index contributed by atoms with van der Waals surface area (Å²) in [6.45, 7) is 3.45. The maximum atomic E-state index is 11.7. The molecule has 7 nitrogen and oxygen atoms in total. The second-order valence-electron chi connectivity index (χ2n) is 3.97. The molecule has 0 aromatic carbocycles. The minimum atomic E-state index is -1.19. The van der Waals surface area contributed by atoms with E-state index in [-0.39, 0.29) is 0 Å². The molecule has 0 rings (SSSR count). The number of aliphatic carboxylic acids is 1. The zero-order valence-corrected chi connectivity index (χ0v) is 10.9. The standard InChI is InChI=1S/C11H20N2O5/c1-4-11(5-2,10(17)18-3)13-9(16)7(12)6-8(14)15/h7H,4-6,12H2,1-3H3,(H,13,16)(H,14,15)/t7-/m0/s1. The normalized spacial score (nSPS) is 12.7. The summed E-state index contributed by atoms with van der Waals surface area (Å²) in [5, 5.41) is 11.0. The molecule has 0 radical (unpaired) electrons. The molecular weight excluding hydrogens is 240 g/mol. The number of carbonyl (C=O) groups excluding carboxylic acids is 2. The zero-order valence-electron chi connectivity index (χ0n) is 10.9. The fourth-order valence-corrected chi connectivity index (χ4v) is 1.57. The number of hydrogen-bond acceptors (Lipinski definition) is 5. The Morgan fingerprint density at radius 1 is 1.33 bits per heavy atom. The molecule has 0 aliphatic carbocycles. The van der Waals surface area contributed by atoms with Crippen molar-refractivity contribution >= 4 is 17.8 Å². The van der Waals surface area contributed by atoms with Gasteiger partial charge in [-0.1, -0.05) is 13.8 Å². The van der Waals surface area contributed by atoms with E-state index in [1.807, 2.05) is 0 Å². The summed E-state index contributed by atoms with van der Waals surface area (Å²) in [7, 11) is 1.23. The molecule has 0 aliphatic rings. The van der Waals surface area contributed by atoms with Crippen molar-refractivity contribution in [3.8, 4) is 0 Å². The Labute approximate surface area is 106 Å². The molecule has 0 saturated carbocycles. The number of carbonyl (C=O) groups is 3. The van der Waals surface area contributed by atoms with Gasteiger partial charge in [0.05, 0.1) is 19.6 Å². The van der Waals surface area contributed by atoms with Crippen molar-refractivity contribution in [2.45, 2.75) is 44.7 Å². The van der Waals surface area contributed by atoms with Crippen LogP contribution in [0.1, 0.15) is 33.1 Å². The van der Waals surface area contributed by atoms with E-state index < -0.39 is 35.8 Å². The summed E-state index contributed by atoms with van der Waals surface area (Å²) in [4.78, 5) is 33.9. The molecule has 1 amide bonds. The summed E-state index contributed by atoms with van der Waals surface area (Å²) < 4.78 is 4.65. The van der Waals surface area contributed by atoms with Crippen LogP contribution in [0.15, 0.2) is 0 Å². The minimum Gasteiger partial charge on any atom is -0.481 e. The van der Waals surface area contributed by atoms with E-state index in [4.69, 9.17) is 10.8 Å². The van der Waals surface area contributed by atoms with Gasteiger partial charge in [-0.15, -0.1) is 0 Å². The maximum absolute atomic E-state index is 11.7. The first-order chi connectivity index (χ1) is 8.32. The second kappa shape index (κ2) is 6.95. The molecule has 0 unspecified atom stereocenters. The summed E-state index contributed by atoms with van der Waals surface area (Å²) in [5.74, 6) is -2.41. The number of methoxy groups -OCH3 is 1. The number of nitrogens with one attached hydrogen (secondary N) is 1. The van der Waals surface area contributed by atoms with Crippen molar-refractivity contribution in [1.82, 2.24) is 5.32 Å². The van der Waals surface area contributed by atoms with E-state index >= 15 is 0 Å². The van der Waals surface area contributed by atoms with Gasteiger partial charge < -0.3 is 20.9 Å². The molecule has 104 valence electrons. The first-order valence-electron chi connectivity index (χ1n) is 5.70. The number of esters is 1. The van der Waals surface area contributed by atoms with Crippen LogP contribution in [0.2, 0.25) is 0 Å². The van der Waals surface area contributed by atoms with Gasteiger partial charge in [0.2, 0.25) is 5.91 Å². The third kappa shape index (κ3) is 3.99. The summed E-state index contributed by atoms with van der Waals surface area (Å²) >= 11 is 0.